The number of rotatable bonds is 4. The Morgan fingerprint density at radius 3 is 2.85 bits per heavy atom. The maximum absolute atomic E-state index is 5.51. The third kappa shape index (κ3) is 3.13. The SMILES string of the molecule is COc1c(C)cnc(CN2CCNCC2C(C)C)c1C. The van der Waals surface area contributed by atoms with Gasteiger partial charge >= 0.3 is 0 Å². The molecule has 0 spiro atoms. The van der Waals surface area contributed by atoms with Crippen molar-refractivity contribution in [3.63, 3.8) is 0 Å². The summed E-state index contributed by atoms with van der Waals surface area (Å²) in [6.45, 7) is 12.9. The third-order valence-corrected chi connectivity index (χ3v) is 4.27. The molecule has 0 radical (unpaired) electrons. The molecule has 1 aromatic rings. The molecule has 1 atom stereocenters. The number of hydrogen-bond donors (Lipinski definition) is 1. The third-order valence-electron chi connectivity index (χ3n) is 4.27. The molecule has 1 fully saturated rings. The lowest BCUT2D eigenvalue weighted by atomic mass is 9.99. The zero-order valence-electron chi connectivity index (χ0n) is 13.4. The highest BCUT2D eigenvalue weighted by molar-refractivity contribution is 5.41. The predicted molar refractivity (Wildman–Crippen MR) is 82.2 cm³/mol. The van der Waals surface area contributed by atoms with Gasteiger partial charge in [0, 0.05) is 49.5 Å². The Morgan fingerprint density at radius 2 is 2.20 bits per heavy atom. The second-order valence-electron chi connectivity index (χ2n) is 6.03. The van der Waals surface area contributed by atoms with E-state index in [0.717, 1.165) is 43.2 Å². The summed E-state index contributed by atoms with van der Waals surface area (Å²) in [6, 6.07) is 0.581. The molecule has 112 valence electrons. The zero-order chi connectivity index (χ0) is 14.7. The van der Waals surface area contributed by atoms with Crippen LogP contribution in [0.15, 0.2) is 6.20 Å². The van der Waals surface area contributed by atoms with Crippen LogP contribution in [0.25, 0.3) is 0 Å². The van der Waals surface area contributed by atoms with Crippen molar-refractivity contribution in [3.8, 4) is 5.75 Å². The Hall–Kier alpha value is -1.13. The highest BCUT2D eigenvalue weighted by atomic mass is 16.5. The van der Waals surface area contributed by atoms with Crippen LogP contribution in [0.1, 0.15) is 30.7 Å². The minimum Gasteiger partial charge on any atom is -0.496 e. The number of nitrogens with one attached hydrogen (secondary N) is 1. The van der Waals surface area contributed by atoms with Gasteiger partial charge in [-0.3, -0.25) is 9.88 Å². The first-order valence-corrected chi connectivity index (χ1v) is 7.48. The van der Waals surface area contributed by atoms with Crippen molar-refractivity contribution in [2.75, 3.05) is 26.7 Å². The summed E-state index contributed by atoms with van der Waals surface area (Å²) < 4.78 is 5.51. The predicted octanol–water partition coefficient (Wildman–Crippen LogP) is 2.14. The molecule has 1 aromatic heterocycles. The van der Waals surface area contributed by atoms with Crippen molar-refractivity contribution in [2.45, 2.75) is 40.3 Å². The molecule has 1 N–H and O–H groups in total. The lowest BCUT2D eigenvalue weighted by Gasteiger charge is -2.38. The molecular formula is C16H27N3O. The highest BCUT2D eigenvalue weighted by Gasteiger charge is 2.26. The maximum Gasteiger partial charge on any atom is 0.128 e. The number of nitrogens with zero attached hydrogens (tertiary/aromatic N) is 2. The summed E-state index contributed by atoms with van der Waals surface area (Å²) in [6.07, 6.45) is 1.92. The molecule has 4 nitrogen and oxygen atoms in total. The molecule has 0 amide bonds. The summed E-state index contributed by atoms with van der Waals surface area (Å²) in [7, 11) is 1.74. The van der Waals surface area contributed by atoms with E-state index in [0.29, 0.717) is 12.0 Å². The summed E-state index contributed by atoms with van der Waals surface area (Å²) in [5.74, 6) is 1.63. The Balaban J connectivity index is 2.20. The molecule has 20 heavy (non-hydrogen) atoms. The number of piperazine rings is 1. The second-order valence-corrected chi connectivity index (χ2v) is 6.03. The number of aromatic nitrogens is 1. The van der Waals surface area contributed by atoms with Crippen molar-refractivity contribution in [1.82, 2.24) is 15.2 Å². The van der Waals surface area contributed by atoms with Crippen LogP contribution in [0.3, 0.4) is 0 Å². The number of ether oxygens (including phenoxy) is 1. The van der Waals surface area contributed by atoms with Crippen LogP contribution in [0.2, 0.25) is 0 Å². The largest absolute Gasteiger partial charge is 0.496 e. The zero-order valence-corrected chi connectivity index (χ0v) is 13.4. The average Bonchev–Trinajstić information content (AvgIpc) is 2.43. The van der Waals surface area contributed by atoms with Gasteiger partial charge in [0.15, 0.2) is 0 Å². The topological polar surface area (TPSA) is 37.4 Å². The molecule has 2 rings (SSSR count). The molecule has 0 bridgehead atoms. The van der Waals surface area contributed by atoms with E-state index >= 15 is 0 Å². The monoisotopic (exact) mass is 277 g/mol. The minimum atomic E-state index is 0.581. The fourth-order valence-corrected chi connectivity index (χ4v) is 3.04. The van der Waals surface area contributed by atoms with Gasteiger partial charge in [-0.25, -0.2) is 0 Å². The first-order valence-electron chi connectivity index (χ1n) is 7.48. The smallest absolute Gasteiger partial charge is 0.128 e. The van der Waals surface area contributed by atoms with Gasteiger partial charge in [-0.1, -0.05) is 13.8 Å². The first-order chi connectivity index (χ1) is 9.54. The minimum absolute atomic E-state index is 0.581. The Bertz CT molecular complexity index is 459. The Morgan fingerprint density at radius 1 is 1.45 bits per heavy atom. The summed E-state index contributed by atoms with van der Waals surface area (Å²) >= 11 is 0. The van der Waals surface area contributed by atoms with Crippen molar-refractivity contribution >= 4 is 0 Å². The fraction of sp³-hybridized carbons (Fsp3) is 0.688. The lowest BCUT2D eigenvalue weighted by Crippen LogP contribution is -2.53. The van der Waals surface area contributed by atoms with Crippen LogP contribution in [0, 0.1) is 19.8 Å². The van der Waals surface area contributed by atoms with E-state index < -0.39 is 0 Å². The Labute approximate surface area is 122 Å². The van der Waals surface area contributed by atoms with E-state index in [1.54, 1.807) is 7.11 Å². The van der Waals surface area contributed by atoms with Gasteiger partial charge < -0.3 is 10.1 Å². The van der Waals surface area contributed by atoms with Crippen LogP contribution in [-0.4, -0.2) is 42.7 Å². The molecule has 1 aliphatic heterocycles. The molecule has 0 aromatic carbocycles. The van der Waals surface area contributed by atoms with Crippen molar-refractivity contribution < 1.29 is 4.74 Å². The molecule has 1 aliphatic rings. The molecule has 1 unspecified atom stereocenters. The van der Waals surface area contributed by atoms with Crippen molar-refractivity contribution in [2.24, 2.45) is 5.92 Å². The summed E-state index contributed by atoms with van der Waals surface area (Å²) in [5.41, 5.74) is 3.42. The molecule has 0 saturated carbocycles. The number of aryl methyl sites for hydroxylation is 1. The average molecular weight is 277 g/mol. The lowest BCUT2D eigenvalue weighted by molar-refractivity contribution is 0.115. The summed E-state index contributed by atoms with van der Waals surface area (Å²) in [5, 5.41) is 3.49. The van der Waals surface area contributed by atoms with Crippen LogP contribution in [0.4, 0.5) is 0 Å². The fourth-order valence-electron chi connectivity index (χ4n) is 3.04. The first kappa shape index (κ1) is 15.3. The van der Waals surface area contributed by atoms with Gasteiger partial charge in [-0.05, 0) is 19.8 Å². The molecule has 0 aliphatic carbocycles. The van der Waals surface area contributed by atoms with Gasteiger partial charge in [-0.2, -0.15) is 0 Å². The van der Waals surface area contributed by atoms with Gasteiger partial charge in [-0.15, -0.1) is 0 Å². The van der Waals surface area contributed by atoms with Crippen molar-refractivity contribution in [1.29, 1.82) is 0 Å². The molecular weight excluding hydrogens is 250 g/mol. The van der Waals surface area contributed by atoms with Gasteiger partial charge in [0.05, 0.1) is 12.8 Å². The highest BCUT2D eigenvalue weighted by Crippen LogP contribution is 2.26. The van der Waals surface area contributed by atoms with Gasteiger partial charge in [0.2, 0.25) is 0 Å². The van der Waals surface area contributed by atoms with E-state index in [1.807, 2.05) is 13.1 Å². The van der Waals surface area contributed by atoms with Crippen molar-refractivity contribution in [3.05, 3.63) is 23.0 Å². The van der Waals surface area contributed by atoms with Crippen LogP contribution in [-0.2, 0) is 6.54 Å². The van der Waals surface area contributed by atoms with Crippen LogP contribution in [0.5, 0.6) is 5.75 Å². The van der Waals surface area contributed by atoms with Gasteiger partial charge in [0.1, 0.15) is 5.75 Å². The van der Waals surface area contributed by atoms with E-state index in [2.05, 4.69) is 36.0 Å². The maximum atomic E-state index is 5.51. The Kier molecular flexibility index (Phi) is 5.00. The number of pyridine rings is 1. The van der Waals surface area contributed by atoms with E-state index in [4.69, 9.17) is 4.74 Å². The molecule has 2 heterocycles. The standard InChI is InChI=1S/C16H27N3O/c1-11(2)15-9-17-6-7-19(15)10-14-13(4)16(20-5)12(3)8-18-14/h8,11,15,17H,6-7,9-10H2,1-5H3. The second kappa shape index (κ2) is 6.55. The molecule has 4 heteroatoms. The quantitative estimate of drug-likeness (QED) is 0.915. The summed E-state index contributed by atoms with van der Waals surface area (Å²) in [4.78, 5) is 7.18. The molecule has 1 saturated heterocycles. The normalized spacial score (nSPS) is 20.4. The van der Waals surface area contributed by atoms with E-state index in [1.165, 1.54) is 5.56 Å². The van der Waals surface area contributed by atoms with E-state index in [9.17, 15) is 0 Å². The van der Waals surface area contributed by atoms with Crippen LogP contribution >= 0.6 is 0 Å². The van der Waals surface area contributed by atoms with Gasteiger partial charge in [0.25, 0.3) is 0 Å². The van der Waals surface area contributed by atoms with E-state index in [-0.39, 0.29) is 0 Å². The number of methoxy groups -OCH3 is 1. The number of hydrogen-bond acceptors (Lipinski definition) is 4. The van der Waals surface area contributed by atoms with Crippen LogP contribution < -0.4 is 10.1 Å².